The van der Waals surface area contributed by atoms with Crippen LogP contribution >= 0.6 is 0 Å². The van der Waals surface area contributed by atoms with Gasteiger partial charge in [0.25, 0.3) is 10.1 Å². The topological polar surface area (TPSA) is 54.0 Å². The van der Waals surface area contributed by atoms with Crippen molar-refractivity contribution in [3.05, 3.63) is 0 Å². The number of hydrogen-bond acceptors (Lipinski definition) is 2. The molecule has 61 valence electrons. The van der Waals surface area contributed by atoms with Gasteiger partial charge < -0.3 is 0 Å². The summed E-state index contributed by atoms with van der Waals surface area (Å²) in [7, 11) is -4.73. The van der Waals surface area contributed by atoms with Gasteiger partial charge in [0.2, 0.25) is 0 Å². The highest BCUT2D eigenvalue weighted by atomic mass is 32.2. The maximum Gasteiger partial charge on any atom is 0.390 e. The van der Waals surface area contributed by atoms with E-state index in [1.807, 2.05) is 0 Å². The fourth-order valence-electron chi connectivity index (χ4n) is 0.241. The second-order valence-corrected chi connectivity index (χ2v) is 3.15. The van der Waals surface area contributed by atoms with Crippen LogP contribution in [-0.2, 0) is 14.7 Å². The lowest BCUT2D eigenvalue weighted by Crippen LogP contribution is -2.14. The molecule has 0 rings (SSSR count). The van der Waals surface area contributed by atoms with Crippen LogP contribution in [-0.4, -0.2) is 20.3 Å². The smallest absolute Gasteiger partial charge is 0.197 e. The van der Waals surface area contributed by atoms with Gasteiger partial charge in [0.05, 0.1) is 12.2 Å². The molecule has 0 amide bonds. The summed E-state index contributed by atoms with van der Waals surface area (Å²) in [4.78, 5) is 0. The molecule has 0 N–H and O–H groups in total. The van der Waals surface area contributed by atoms with Gasteiger partial charge in [-0.15, -0.1) is 0 Å². The maximum absolute atomic E-state index is 11.2. The summed E-state index contributed by atoms with van der Waals surface area (Å²) in [6, 6.07) is 0. The van der Waals surface area contributed by atoms with Crippen LogP contribution in [0.5, 0.6) is 0 Å². The highest BCUT2D eigenvalue weighted by Crippen LogP contribution is 2.19. The lowest BCUT2D eigenvalue weighted by atomic mass is 10.5. The minimum atomic E-state index is -4.73. The van der Waals surface area contributed by atoms with E-state index in [0.29, 0.717) is 0 Å². The average Bonchev–Trinajstić information content (AvgIpc) is 1.57. The van der Waals surface area contributed by atoms with Gasteiger partial charge >= 0.3 is 6.18 Å². The second kappa shape index (κ2) is 2.75. The van der Waals surface area contributed by atoms with E-state index in [2.05, 4.69) is 0 Å². The van der Waals surface area contributed by atoms with Crippen LogP contribution in [0.2, 0.25) is 0 Å². The summed E-state index contributed by atoms with van der Waals surface area (Å²) in [5.41, 5.74) is 0. The van der Waals surface area contributed by atoms with Crippen molar-refractivity contribution in [1.82, 2.24) is 0 Å². The molecule has 0 aromatic rings. The molecule has 1 radical (unpaired) electrons. The summed E-state index contributed by atoms with van der Waals surface area (Å²) in [6.45, 7) is 0. The van der Waals surface area contributed by atoms with E-state index < -0.39 is 28.5 Å². The van der Waals surface area contributed by atoms with E-state index in [4.69, 9.17) is 0 Å². The fourth-order valence-corrected chi connectivity index (χ4v) is 0.722. The third-order valence-electron chi connectivity index (χ3n) is 0.636. The average molecular weight is 177 g/mol. The third kappa shape index (κ3) is 7.70. The fraction of sp³-hybridized carbons (Fsp3) is 1.00. The molecule has 10 heavy (non-hydrogen) atoms. The van der Waals surface area contributed by atoms with Crippen LogP contribution in [0.1, 0.15) is 6.42 Å². The second-order valence-electron chi connectivity index (χ2n) is 1.63. The molecule has 0 unspecified atom stereocenters. The van der Waals surface area contributed by atoms with Crippen LogP contribution in [0.4, 0.5) is 13.2 Å². The van der Waals surface area contributed by atoms with Crippen molar-refractivity contribution in [2.75, 3.05) is 5.75 Å². The number of alkyl halides is 3. The molecule has 0 aliphatic rings. The van der Waals surface area contributed by atoms with Crippen molar-refractivity contribution in [2.45, 2.75) is 12.6 Å². The molecule has 0 aliphatic carbocycles. The predicted octanol–water partition coefficient (Wildman–Crippen LogP) is 0.699. The molecule has 0 saturated heterocycles. The molecule has 7 heteroatoms. The highest BCUT2D eigenvalue weighted by molar-refractivity contribution is 7.85. The highest BCUT2D eigenvalue weighted by Gasteiger charge is 2.29. The maximum atomic E-state index is 11.2. The zero-order valence-electron chi connectivity index (χ0n) is 4.68. The Morgan fingerprint density at radius 2 is 1.60 bits per heavy atom. The van der Waals surface area contributed by atoms with E-state index in [-0.39, 0.29) is 0 Å². The van der Waals surface area contributed by atoms with E-state index in [9.17, 15) is 26.1 Å². The van der Waals surface area contributed by atoms with Crippen LogP contribution in [0.25, 0.3) is 0 Å². The standard InChI is InChI=1S/C3H4F3O3S/c4-3(5,6)1-2-10(7,8)9/h1-2H2. The van der Waals surface area contributed by atoms with Gasteiger partial charge in [0, 0.05) is 0 Å². The summed E-state index contributed by atoms with van der Waals surface area (Å²) < 4.78 is 62.4. The van der Waals surface area contributed by atoms with Crippen molar-refractivity contribution < 1.29 is 26.1 Å². The quantitative estimate of drug-likeness (QED) is 0.623. The number of hydrogen-bond donors (Lipinski definition) is 0. The first kappa shape index (κ1) is 9.70. The molecule has 0 saturated carbocycles. The number of rotatable bonds is 2. The minimum Gasteiger partial charge on any atom is -0.197 e. The first-order valence-corrected chi connectivity index (χ1v) is 3.79. The van der Waals surface area contributed by atoms with E-state index >= 15 is 0 Å². The van der Waals surface area contributed by atoms with Gasteiger partial charge in [0.15, 0.2) is 0 Å². The van der Waals surface area contributed by atoms with Gasteiger partial charge in [-0.2, -0.15) is 21.6 Å². The van der Waals surface area contributed by atoms with Crippen molar-refractivity contribution in [2.24, 2.45) is 0 Å². The Morgan fingerprint density at radius 1 is 1.20 bits per heavy atom. The molecular formula is C3H4F3O3S. The SMILES string of the molecule is [O]S(=O)(=O)CCC(F)(F)F. The summed E-state index contributed by atoms with van der Waals surface area (Å²) >= 11 is 0. The van der Waals surface area contributed by atoms with Crippen molar-refractivity contribution in [3.8, 4) is 0 Å². The summed E-state index contributed by atoms with van der Waals surface area (Å²) in [6.07, 6.45) is -6.14. The Morgan fingerprint density at radius 3 is 1.70 bits per heavy atom. The van der Waals surface area contributed by atoms with Gasteiger partial charge in [-0.3, -0.25) is 0 Å². The van der Waals surface area contributed by atoms with Crippen molar-refractivity contribution >= 4 is 10.1 Å². The molecule has 0 aromatic heterocycles. The van der Waals surface area contributed by atoms with E-state index in [1.165, 1.54) is 0 Å². The molecular weight excluding hydrogens is 173 g/mol. The summed E-state index contributed by atoms with van der Waals surface area (Å²) in [5, 5.41) is 0. The molecule has 3 nitrogen and oxygen atoms in total. The Balaban J connectivity index is 3.79. The molecule has 0 aliphatic heterocycles. The molecule has 0 heterocycles. The van der Waals surface area contributed by atoms with Crippen LogP contribution in [0.3, 0.4) is 0 Å². The largest absolute Gasteiger partial charge is 0.390 e. The molecule has 0 aromatic carbocycles. The Hall–Kier alpha value is -0.300. The predicted molar refractivity (Wildman–Crippen MR) is 25.1 cm³/mol. The minimum absolute atomic E-state index is 1.38. The van der Waals surface area contributed by atoms with E-state index in [0.717, 1.165) is 0 Å². The van der Waals surface area contributed by atoms with Crippen LogP contribution in [0, 0.1) is 0 Å². The van der Waals surface area contributed by atoms with Crippen molar-refractivity contribution in [1.29, 1.82) is 0 Å². The Kier molecular flexibility index (Phi) is 2.67. The molecule has 0 atom stereocenters. The van der Waals surface area contributed by atoms with Gasteiger partial charge in [-0.05, 0) is 0 Å². The Labute approximate surface area is 55.6 Å². The molecule has 0 spiro atoms. The monoisotopic (exact) mass is 177 g/mol. The van der Waals surface area contributed by atoms with Crippen molar-refractivity contribution in [3.63, 3.8) is 0 Å². The lowest BCUT2D eigenvalue weighted by molar-refractivity contribution is -0.130. The number of halogens is 3. The van der Waals surface area contributed by atoms with Crippen LogP contribution in [0.15, 0.2) is 0 Å². The van der Waals surface area contributed by atoms with E-state index in [1.54, 1.807) is 0 Å². The zero-order valence-corrected chi connectivity index (χ0v) is 5.50. The van der Waals surface area contributed by atoms with Crippen LogP contribution < -0.4 is 0 Å². The summed E-state index contributed by atoms with van der Waals surface area (Å²) in [5.74, 6) is -1.38. The molecule has 0 fully saturated rings. The molecule has 0 bridgehead atoms. The van der Waals surface area contributed by atoms with Gasteiger partial charge in [0.1, 0.15) is 0 Å². The normalized spacial score (nSPS) is 13.6. The van der Waals surface area contributed by atoms with Gasteiger partial charge in [-0.25, -0.2) is 0 Å². The van der Waals surface area contributed by atoms with Gasteiger partial charge in [-0.1, -0.05) is 4.55 Å². The third-order valence-corrected chi connectivity index (χ3v) is 1.34. The Bertz CT molecular complexity index is 192. The first-order chi connectivity index (χ1) is 4.21. The lowest BCUT2D eigenvalue weighted by Gasteiger charge is -2.01. The first-order valence-electron chi connectivity index (χ1n) is 2.21. The zero-order chi connectivity index (χ0) is 8.41.